The molecule has 0 aromatic carbocycles. The highest BCUT2D eigenvalue weighted by Crippen LogP contribution is 2.20. The van der Waals surface area contributed by atoms with Crippen LogP contribution in [0.5, 0.6) is 0 Å². The van der Waals surface area contributed by atoms with E-state index in [1.807, 2.05) is 34.6 Å². The van der Waals surface area contributed by atoms with Gasteiger partial charge in [-0.15, -0.1) is 0 Å². The summed E-state index contributed by atoms with van der Waals surface area (Å²) in [6.07, 6.45) is 0. The van der Waals surface area contributed by atoms with Gasteiger partial charge in [0.1, 0.15) is 5.82 Å². The number of aromatic amines is 1. The lowest BCUT2D eigenvalue weighted by molar-refractivity contribution is 0.490. The second kappa shape index (κ2) is 3.45. The first-order chi connectivity index (χ1) is 6.60. The molecule has 0 fully saturated rings. The van der Waals surface area contributed by atoms with E-state index in [2.05, 4.69) is 9.97 Å². The van der Waals surface area contributed by atoms with Crippen molar-refractivity contribution in [2.24, 2.45) is 5.73 Å². The van der Waals surface area contributed by atoms with Gasteiger partial charge in [-0.05, 0) is 13.8 Å². The van der Waals surface area contributed by atoms with E-state index in [9.17, 15) is 4.79 Å². The summed E-state index contributed by atoms with van der Waals surface area (Å²) in [4.78, 5) is 18.5. The van der Waals surface area contributed by atoms with Gasteiger partial charge < -0.3 is 10.7 Å². The molecule has 0 atom stereocenters. The number of hydrogen-bond donors (Lipinski definition) is 2. The molecule has 0 saturated heterocycles. The standard InChI is InChI=1S/C11H19N3O/c1-10(2,3)7-6-8(15)14-9(13-7)11(4,5)12/h6H,12H2,1-5H3,(H,13,14,15). The summed E-state index contributed by atoms with van der Waals surface area (Å²) >= 11 is 0. The zero-order chi connectivity index (χ0) is 11.9. The Morgan fingerprint density at radius 2 is 1.80 bits per heavy atom. The fraction of sp³-hybridized carbons (Fsp3) is 0.636. The van der Waals surface area contributed by atoms with Gasteiger partial charge in [0.05, 0.1) is 11.2 Å². The first kappa shape index (κ1) is 11.9. The van der Waals surface area contributed by atoms with Gasteiger partial charge in [-0.25, -0.2) is 4.98 Å². The molecule has 0 aliphatic carbocycles. The SMILES string of the molecule is CC(C)(C)c1cc(=O)[nH]c(C(C)(C)N)n1. The number of aromatic nitrogens is 2. The molecule has 4 nitrogen and oxygen atoms in total. The van der Waals surface area contributed by atoms with E-state index < -0.39 is 5.54 Å². The van der Waals surface area contributed by atoms with Gasteiger partial charge in [0.25, 0.3) is 5.56 Å². The summed E-state index contributed by atoms with van der Waals surface area (Å²) in [5.74, 6) is 0.528. The number of rotatable bonds is 1. The van der Waals surface area contributed by atoms with E-state index in [1.165, 1.54) is 6.07 Å². The van der Waals surface area contributed by atoms with E-state index in [1.54, 1.807) is 0 Å². The van der Waals surface area contributed by atoms with Crippen molar-refractivity contribution in [2.45, 2.75) is 45.6 Å². The summed E-state index contributed by atoms with van der Waals surface area (Å²) in [5.41, 5.74) is 5.75. The lowest BCUT2D eigenvalue weighted by Gasteiger charge is -2.22. The van der Waals surface area contributed by atoms with Crippen LogP contribution < -0.4 is 11.3 Å². The van der Waals surface area contributed by atoms with Gasteiger partial charge in [-0.1, -0.05) is 20.8 Å². The van der Waals surface area contributed by atoms with E-state index in [0.717, 1.165) is 5.69 Å². The Kier molecular flexibility index (Phi) is 2.74. The molecule has 1 aromatic rings. The molecule has 1 aromatic heterocycles. The minimum Gasteiger partial charge on any atom is -0.319 e. The molecule has 0 radical (unpaired) electrons. The monoisotopic (exact) mass is 209 g/mol. The number of nitrogens with one attached hydrogen (secondary N) is 1. The van der Waals surface area contributed by atoms with E-state index in [0.29, 0.717) is 5.82 Å². The Morgan fingerprint density at radius 3 is 2.20 bits per heavy atom. The summed E-state index contributed by atoms with van der Waals surface area (Å²) in [6, 6.07) is 1.52. The van der Waals surface area contributed by atoms with Crippen molar-refractivity contribution in [3.63, 3.8) is 0 Å². The van der Waals surface area contributed by atoms with Crippen LogP contribution in [0, 0.1) is 0 Å². The highest BCUT2D eigenvalue weighted by Gasteiger charge is 2.22. The van der Waals surface area contributed by atoms with Crippen molar-refractivity contribution in [1.82, 2.24) is 9.97 Å². The molecule has 0 saturated carbocycles. The maximum absolute atomic E-state index is 11.5. The second-order valence-corrected chi connectivity index (χ2v) is 5.45. The van der Waals surface area contributed by atoms with Crippen molar-refractivity contribution in [3.8, 4) is 0 Å². The zero-order valence-corrected chi connectivity index (χ0v) is 10.0. The minimum atomic E-state index is -0.625. The van der Waals surface area contributed by atoms with Crippen LogP contribution in [0.1, 0.15) is 46.1 Å². The molecule has 0 amide bonds. The van der Waals surface area contributed by atoms with E-state index in [-0.39, 0.29) is 11.0 Å². The van der Waals surface area contributed by atoms with Crippen LogP contribution >= 0.6 is 0 Å². The Morgan fingerprint density at radius 1 is 1.27 bits per heavy atom. The largest absolute Gasteiger partial charge is 0.319 e. The molecule has 0 spiro atoms. The Hall–Kier alpha value is -1.16. The molecule has 0 unspecified atom stereocenters. The quantitative estimate of drug-likeness (QED) is 0.731. The first-order valence-electron chi connectivity index (χ1n) is 5.02. The normalized spacial score (nSPS) is 12.9. The van der Waals surface area contributed by atoms with Crippen LogP contribution in [0.3, 0.4) is 0 Å². The van der Waals surface area contributed by atoms with Crippen molar-refractivity contribution >= 4 is 0 Å². The molecule has 84 valence electrons. The predicted molar refractivity (Wildman–Crippen MR) is 60.8 cm³/mol. The Balaban J connectivity index is 3.36. The molecule has 0 aliphatic rings. The molecule has 1 heterocycles. The van der Waals surface area contributed by atoms with Crippen LogP contribution in [0.2, 0.25) is 0 Å². The van der Waals surface area contributed by atoms with Gasteiger partial charge in [0.15, 0.2) is 0 Å². The zero-order valence-electron chi connectivity index (χ0n) is 10.0. The lowest BCUT2D eigenvalue weighted by Crippen LogP contribution is -2.35. The van der Waals surface area contributed by atoms with E-state index >= 15 is 0 Å². The van der Waals surface area contributed by atoms with Crippen molar-refractivity contribution < 1.29 is 0 Å². The maximum Gasteiger partial charge on any atom is 0.251 e. The lowest BCUT2D eigenvalue weighted by atomic mass is 9.91. The number of nitrogens with two attached hydrogens (primary N) is 1. The Labute approximate surface area is 89.9 Å². The fourth-order valence-corrected chi connectivity index (χ4v) is 1.15. The average molecular weight is 209 g/mol. The predicted octanol–water partition coefficient (Wildman–Crippen LogP) is 1.26. The third kappa shape index (κ3) is 2.89. The molecule has 0 aliphatic heterocycles. The molecule has 4 heteroatoms. The summed E-state index contributed by atoms with van der Waals surface area (Å²) in [5, 5.41) is 0. The molecular weight excluding hydrogens is 190 g/mol. The van der Waals surface area contributed by atoms with Crippen molar-refractivity contribution in [2.75, 3.05) is 0 Å². The number of nitrogens with zero attached hydrogens (tertiary/aromatic N) is 1. The minimum absolute atomic E-state index is 0.145. The van der Waals surface area contributed by atoms with Crippen LogP contribution in [-0.4, -0.2) is 9.97 Å². The fourth-order valence-electron chi connectivity index (χ4n) is 1.15. The smallest absolute Gasteiger partial charge is 0.251 e. The van der Waals surface area contributed by atoms with Crippen molar-refractivity contribution in [1.29, 1.82) is 0 Å². The summed E-state index contributed by atoms with van der Waals surface area (Å²) in [6.45, 7) is 9.68. The van der Waals surface area contributed by atoms with Crippen molar-refractivity contribution in [3.05, 3.63) is 27.9 Å². The van der Waals surface area contributed by atoms with Crippen LogP contribution in [0.25, 0.3) is 0 Å². The van der Waals surface area contributed by atoms with Gasteiger partial charge in [-0.2, -0.15) is 0 Å². The number of hydrogen-bond acceptors (Lipinski definition) is 3. The van der Waals surface area contributed by atoms with Crippen LogP contribution in [-0.2, 0) is 11.0 Å². The van der Waals surface area contributed by atoms with Gasteiger partial charge >= 0.3 is 0 Å². The molecule has 3 N–H and O–H groups in total. The molecule has 0 bridgehead atoms. The number of H-pyrrole nitrogens is 1. The molecule has 15 heavy (non-hydrogen) atoms. The highest BCUT2D eigenvalue weighted by molar-refractivity contribution is 5.15. The molecular formula is C11H19N3O. The first-order valence-corrected chi connectivity index (χ1v) is 5.02. The maximum atomic E-state index is 11.5. The van der Waals surface area contributed by atoms with Gasteiger partial charge in [0, 0.05) is 11.5 Å². The third-order valence-corrected chi connectivity index (χ3v) is 2.12. The second-order valence-electron chi connectivity index (χ2n) is 5.45. The highest BCUT2D eigenvalue weighted by atomic mass is 16.1. The van der Waals surface area contributed by atoms with Crippen LogP contribution in [0.15, 0.2) is 10.9 Å². The van der Waals surface area contributed by atoms with Gasteiger partial charge in [0.2, 0.25) is 0 Å². The van der Waals surface area contributed by atoms with Crippen LogP contribution in [0.4, 0.5) is 0 Å². The Bertz CT molecular complexity index is 372. The third-order valence-electron chi connectivity index (χ3n) is 2.12. The summed E-state index contributed by atoms with van der Waals surface area (Å²) in [7, 11) is 0. The average Bonchev–Trinajstić information content (AvgIpc) is 1.99. The van der Waals surface area contributed by atoms with E-state index in [4.69, 9.17) is 5.73 Å². The molecule has 1 rings (SSSR count). The summed E-state index contributed by atoms with van der Waals surface area (Å²) < 4.78 is 0. The van der Waals surface area contributed by atoms with Gasteiger partial charge in [-0.3, -0.25) is 4.79 Å². The topological polar surface area (TPSA) is 71.8 Å².